The van der Waals surface area contributed by atoms with E-state index in [0.717, 1.165) is 17.7 Å². The molecule has 0 aliphatic heterocycles. The first-order chi connectivity index (χ1) is 15.1. The lowest BCUT2D eigenvalue weighted by Gasteiger charge is -2.20. The van der Waals surface area contributed by atoms with Gasteiger partial charge in [-0.25, -0.2) is 9.97 Å². The molecule has 0 saturated carbocycles. The van der Waals surface area contributed by atoms with E-state index in [-0.39, 0.29) is 18.3 Å². The number of benzene rings is 2. The van der Waals surface area contributed by atoms with E-state index in [1.165, 1.54) is 11.3 Å². The first kappa shape index (κ1) is 23.8. The van der Waals surface area contributed by atoms with E-state index in [2.05, 4.69) is 9.97 Å². The third-order valence-electron chi connectivity index (χ3n) is 4.82. The number of thiazole rings is 1. The maximum absolute atomic E-state index is 13.5. The molecule has 0 N–H and O–H groups in total. The van der Waals surface area contributed by atoms with Crippen LogP contribution in [0.3, 0.4) is 0 Å². The third kappa shape index (κ3) is 4.98. The molecule has 0 atom stereocenters. The van der Waals surface area contributed by atoms with Gasteiger partial charge in [0, 0.05) is 31.0 Å². The SMILES string of the molecule is COc1ccc(C(=O)N(CCCn2ccnc2)c2nc3c(Cl)cccc3s2)cc1OC.Cl. The number of halogens is 2. The van der Waals surface area contributed by atoms with Crippen molar-refractivity contribution in [3.05, 3.63) is 65.7 Å². The Morgan fingerprint density at radius 2 is 2.00 bits per heavy atom. The maximum Gasteiger partial charge on any atom is 0.260 e. The summed E-state index contributed by atoms with van der Waals surface area (Å²) < 4.78 is 13.6. The summed E-state index contributed by atoms with van der Waals surface area (Å²) in [5.74, 6) is 0.901. The number of rotatable bonds is 8. The Morgan fingerprint density at radius 3 is 2.69 bits per heavy atom. The summed E-state index contributed by atoms with van der Waals surface area (Å²) in [4.78, 5) is 23.9. The number of carbonyl (C=O) groups is 1. The summed E-state index contributed by atoms with van der Waals surface area (Å²) in [5.41, 5.74) is 1.19. The minimum atomic E-state index is -0.165. The molecule has 0 unspecified atom stereocenters. The Balaban J connectivity index is 0.00000289. The summed E-state index contributed by atoms with van der Waals surface area (Å²) in [7, 11) is 3.11. The van der Waals surface area contributed by atoms with Crippen LogP contribution in [0.2, 0.25) is 5.02 Å². The van der Waals surface area contributed by atoms with Crippen molar-refractivity contribution in [1.29, 1.82) is 0 Å². The molecule has 2 aromatic carbocycles. The van der Waals surface area contributed by atoms with Crippen LogP contribution in [0.15, 0.2) is 55.1 Å². The topological polar surface area (TPSA) is 69.5 Å². The van der Waals surface area contributed by atoms with Crippen LogP contribution in [-0.2, 0) is 6.54 Å². The molecule has 0 spiro atoms. The van der Waals surface area contributed by atoms with E-state index in [9.17, 15) is 4.79 Å². The molecule has 2 heterocycles. The number of para-hydroxylation sites is 1. The number of aromatic nitrogens is 3. The molecule has 0 saturated heterocycles. The molecule has 0 aliphatic rings. The highest BCUT2D eigenvalue weighted by Gasteiger charge is 2.23. The van der Waals surface area contributed by atoms with E-state index in [4.69, 9.17) is 21.1 Å². The van der Waals surface area contributed by atoms with Crippen molar-refractivity contribution in [3.63, 3.8) is 0 Å². The van der Waals surface area contributed by atoms with E-state index >= 15 is 0 Å². The number of hydrogen-bond donors (Lipinski definition) is 0. The maximum atomic E-state index is 13.5. The number of ether oxygens (including phenoxy) is 2. The lowest BCUT2D eigenvalue weighted by Crippen LogP contribution is -2.32. The largest absolute Gasteiger partial charge is 0.493 e. The minimum Gasteiger partial charge on any atom is -0.493 e. The van der Waals surface area contributed by atoms with Crippen molar-refractivity contribution in [3.8, 4) is 11.5 Å². The number of aryl methyl sites for hydroxylation is 1. The molecule has 7 nitrogen and oxygen atoms in total. The second kappa shape index (κ2) is 10.7. The van der Waals surface area contributed by atoms with Crippen molar-refractivity contribution in [2.45, 2.75) is 13.0 Å². The van der Waals surface area contributed by atoms with Crippen molar-refractivity contribution in [2.24, 2.45) is 0 Å². The van der Waals surface area contributed by atoms with Crippen molar-refractivity contribution < 1.29 is 14.3 Å². The molecule has 0 fully saturated rings. The fourth-order valence-electron chi connectivity index (χ4n) is 3.26. The summed E-state index contributed by atoms with van der Waals surface area (Å²) in [6.45, 7) is 1.23. The molecule has 32 heavy (non-hydrogen) atoms. The summed E-state index contributed by atoms with van der Waals surface area (Å²) >= 11 is 7.76. The number of anilines is 1. The van der Waals surface area contributed by atoms with Gasteiger partial charge in [0.2, 0.25) is 0 Å². The van der Waals surface area contributed by atoms with Gasteiger partial charge in [0.1, 0.15) is 5.52 Å². The number of carbonyl (C=O) groups excluding carboxylic acids is 1. The number of imidazole rings is 1. The molecular weight excluding hydrogens is 471 g/mol. The van der Waals surface area contributed by atoms with Crippen LogP contribution in [-0.4, -0.2) is 41.2 Å². The fourth-order valence-corrected chi connectivity index (χ4v) is 4.55. The standard InChI is InChI=1S/C22H21ClN4O3S.ClH/c1-29-17-8-7-15(13-18(17)30-2)21(28)27(11-4-10-26-12-9-24-14-26)22-25-20-16(23)5-3-6-19(20)31-22;/h3,5-9,12-14H,4,10-11H2,1-2H3;1H. The molecule has 0 radical (unpaired) electrons. The van der Waals surface area contributed by atoms with Gasteiger partial charge in [-0.05, 0) is 36.8 Å². The smallest absolute Gasteiger partial charge is 0.260 e. The summed E-state index contributed by atoms with van der Waals surface area (Å²) in [5, 5.41) is 1.17. The predicted molar refractivity (Wildman–Crippen MR) is 130 cm³/mol. The molecule has 4 aromatic rings. The van der Waals surface area contributed by atoms with Crippen molar-refractivity contribution >= 4 is 56.6 Å². The first-order valence-corrected chi connectivity index (χ1v) is 10.8. The lowest BCUT2D eigenvalue weighted by atomic mass is 10.1. The van der Waals surface area contributed by atoms with Crippen molar-refractivity contribution in [2.75, 3.05) is 25.7 Å². The average molecular weight is 493 g/mol. The van der Waals surface area contributed by atoms with Gasteiger partial charge in [-0.15, -0.1) is 12.4 Å². The van der Waals surface area contributed by atoms with E-state index in [1.807, 2.05) is 22.9 Å². The predicted octanol–water partition coefficient (Wildman–Crippen LogP) is 5.32. The highest BCUT2D eigenvalue weighted by Crippen LogP contribution is 2.34. The second-order valence-corrected chi connectivity index (χ2v) is 8.18. The zero-order valence-corrected chi connectivity index (χ0v) is 19.9. The molecular formula is C22H22Cl2N4O3S. The van der Waals surface area contributed by atoms with E-state index in [1.54, 1.807) is 55.9 Å². The second-order valence-electron chi connectivity index (χ2n) is 6.76. The van der Waals surface area contributed by atoms with Crippen LogP contribution in [0, 0.1) is 0 Å². The van der Waals surface area contributed by atoms with Gasteiger partial charge in [-0.2, -0.15) is 0 Å². The molecule has 10 heteroatoms. The number of fused-ring (bicyclic) bond motifs is 1. The molecule has 0 aliphatic carbocycles. The Hall–Kier alpha value is -2.81. The Labute approximate surface area is 201 Å². The molecule has 168 valence electrons. The molecule has 0 bridgehead atoms. The zero-order chi connectivity index (χ0) is 21.8. The Bertz CT molecular complexity index is 1200. The third-order valence-corrected chi connectivity index (χ3v) is 6.17. The van der Waals surface area contributed by atoms with Gasteiger partial charge in [-0.1, -0.05) is 29.0 Å². The number of methoxy groups -OCH3 is 2. The minimum absolute atomic E-state index is 0. The molecule has 2 aromatic heterocycles. The van der Waals surface area contributed by atoms with Crippen LogP contribution < -0.4 is 14.4 Å². The average Bonchev–Trinajstić information content (AvgIpc) is 3.46. The van der Waals surface area contributed by atoms with E-state index < -0.39 is 0 Å². The molecule has 1 amide bonds. The van der Waals surface area contributed by atoms with Crippen LogP contribution in [0.1, 0.15) is 16.8 Å². The quantitative estimate of drug-likeness (QED) is 0.332. The van der Waals surface area contributed by atoms with E-state index in [0.29, 0.717) is 39.3 Å². The monoisotopic (exact) mass is 492 g/mol. The summed E-state index contributed by atoms with van der Waals surface area (Å²) in [6.07, 6.45) is 6.14. The highest BCUT2D eigenvalue weighted by atomic mass is 35.5. The summed E-state index contributed by atoms with van der Waals surface area (Å²) in [6, 6.07) is 10.8. The molecule has 4 rings (SSSR count). The van der Waals surface area contributed by atoms with Crippen LogP contribution in [0.5, 0.6) is 11.5 Å². The van der Waals surface area contributed by atoms with Gasteiger partial charge < -0.3 is 14.0 Å². The van der Waals surface area contributed by atoms with Gasteiger partial charge in [0.05, 0.1) is 30.3 Å². The Kier molecular flexibility index (Phi) is 7.95. The van der Waals surface area contributed by atoms with Crippen LogP contribution in [0.25, 0.3) is 10.2 Å². The fraction of sp³-hybridized carbons (Fsp3) is 0.227. The van der Waals surface area contributed by atoms with Gasteiger partial charge in [0.15, 0.2) is 16.6 Å². The highest BCUT2D eigenvalue weighted by molar-refractivity contribution is 7.22. The normalized spacial score (nSPS) is 10.6. The zero-order valence-electron chi connectivity index (χ0n) is 17.5. The van der Waals surface area contributed by atoms with Gasteiger partial charge in [-0.3, -0.25) is 9.69 Å². The Morgan fingerprint density at radius 1 is 1.19 bits per heavy atom. The van der Waals surface area contributed by atoms with Gasteiger partial charge >= 0.3 is 0 Å². The van der Waals surface area contributed by atoms with Crippen LogP contribution in [0.4, 0.5) is 5.13 Å². The van der Waals surface area contributed by atoms with Crippen molar-refractivity contribution in [1.82, 2.24) is 14.5 Å². The van der Waals surface area contributed by atoms with Gasteiger partial charge in [0.25, 0.3) is 5.91 Å². The number of hydrogen-bond acceptors (Lipinski definition) is 6. The lowest BCUT2D eigenvalue weighted by molar-refractivity contribution is 0.0986. The van der Waals surface area contributed by atoms with Crippen LogP contribution >= 0.6 is 35.3 Å². The number of nitrogens with zero attached hydrogens (tertiary/aromatic N) is 4. The number of amides is 1. The first-order valence-electron chi connectivity index (χ1n) is 9.65.